The van der Waals surface area contributed by atoms with Gasteiger partial charge in [0.25, 0.3) is 5.89 Å². The van der Waals surface area contributed by atoms with Gasteiger partial charge in [0.2, 0.25) is 11.9 Å². The van der Waals surface area contributed by atoms with Gasteiger partial charge in [-0.25, -0.2) is 9.97 Å². The minimum Gasteiger partial charge on any atom is -0.340 e. The molecule has 0 bridgehead atoms. The summed E-state index contributed by atoms with van der Waals surface area (Å²) in [6.07, 6.45) is -4.21. The second kappa shape index (κ2) is 9.81. The van der Waals surface area contributed by atoms with Gasteiger partial charge in [0.15, 0.2) is 5.82 Å². The number of piperazine rings is 1. The van der Waals surface area contributed by atoms with Crippen LogP contribution in [0.3, 0.4) is 0 Å². The van der Waals surface area contributed by atoms with Crippen molar-refractivity contribution in [2.75, 3.05) is 31.5 Å². The van der Waals surface area contributed by atoms with E-state index in [1.165, 1.54) is 4.90 Å². The van der Waals surface area contributed by atoms with Crippen LogP contribution < -0.4 is 5.32 Å². The minimum absolute atomic E-state index is 0.0143. The number of aromatic amines is 1. The van der Waals surface area contributed by atoms with Gasteiger partial charge in [-0.3, -0.25) is 9.69 Å². The van der Waals surface area contributed by atoms with Crippen LogP contribution in [0.2, 0.25) is 0 Å². The molecule has 0 aliphatic carbocycles. The van der Waals surface area contributed by atoms with E-state index in [9.17, 15) is 18.0 Å². The van der Waals surface area contributed by atoms with E-state index in [2.05, 4.69) is 35.3 Å². The zero-order chi connectivity index (χ0) is 26.2. The van der Waals surface area contributed by atoms with E-state index in [0.717, 1.165) is 22.2 Å². The predicted molar refractivity (Wildman–Crippen MR) is 129 cm³/mol. The van der Waals surface area contributed by atoms with E-state index in [4.69, 9.17) is 4.52 Å². The summed E-state index contributed by atoms with van der Waals surface area (Å²) in [5.41, 5.74) is 3.30. The molecule has 10 nitrogen and oxygen atoms in total. The lowest BCUT2D eigenvalue weighted by Gasteiger charge is -2.38. The third-order valence-electron chi connectivity index (χ3n) is 6.34. The Labute approximate surface area is 209 Å². The summed E-state index contributed by atoms with van der Waals surface area (Å²) in [6.45, 7) is 5.28. The molecule has 3 aromatic heterocycles. The number of imidazole rings is 1. The second-order valence-electron chi connectivity index (χ2n) is 8.95. The summed E-state index contributed by atoms with van der Waals surface area (Å²) >= 11 is 0. The van der Waals surface area contributed by atoms with Crippen LogP contribution in [0.25, 0.3) is 22.5 Å². The van der Waals surface area contributed by atoms with E-state index in [1.807, 2.05) is 37.3 Å². The highest BCUT2D eigenvalue weighted by Gasteiger charge is 2.35. The summed E-state index contributed by atoms with van der Waals surface area (Å²) < 4.78 is 42.9. The van der Waals surface area contributed by atoms with Crippen molar-refractivity contribution in [3.8, 4) is 11.5 Å². The highest BCUT2D eigenvalue weighted by molar-refractivity contribution is 5.82. The van der Waals surface area contributed by atoms with E-state index in [1.54, 1.807) is 13.1 Å². The molecule has 13 heteroatoms. The van der Waals surface area contributed by atoms with E-state index in [-0.39, 0.29) is 19.1 Å². The van der Waals surface area contributed by atoms with Gasteiger partial charge in [-0.15, -0.1) is 0 Å². The van der Waals surface area contributed by atoms with Crippen LogP contribution in [0.4, 0.5) is 24.9 Å². The SMILES string of the molecule is Cc1noc(-c2ccc3nc(Nc4cc([C@@H](C)N5CCN(C(=O)CC(F)(F)F)CC5)ccn4)[nH]c3c2)n1. The van der Waals surface area contributed by atoms with Crippen molar-refractivity contribution in [3.05, 3.63) is 47.9 Å². The summed E-state index contributed by atoms with van der Waals surface area (Å²) in [6, 6.07) is 9.39. The van der Waals surface area contributed by atoms with Gasteiger partial charge in [0.1, 0.15) is 12.2 Å². The lowest BCUT2D eigenvalue weighted by atomic mass is 10.1. The lowest BCUT2D eigenvalue weighted by molar-refractivity contribution is -0.162. The number of carbonyl (C=O) groups excluding carboxylic acids is 1. The molecule has 1 atom stereocenters. The number of nitrogens with zero attached hydrogens (tertiary/aromatic N) is 6. The fourth-order valence-electron chi connectivity index (χ4n) is 4.37. The van der Waals surface area contributed by atoms with Crippen LogP contribution in [0.15, 0.2) is 41.1 Å². The van der Waals surface area contributed by atoms with E-state index < -0.39 is 18.5 Å². The van der Waals surface area contributed by atoms with Gasteiger partial charge in [-0.2, -0.15) is 18.2 Å². The van der Waals surface area contributed by atoms with Crippen LogP contribution in [0.1, 0.15) is 30.8 Å². The number of aryl methyl sites for hydroxylation is 1. The molecule has 194 valence electrons. The molecular weight excluding hydrogens is 489 g/mol. The number of carbonyl (C=O) groups is 1. The zero-order valence-corrected chi connectivity index (χ0v) is 20.2. The molecule has 4 heterocycles. The Morgan fingerprint density at radius 3 is 2.65 bits per heavy atom. The van der Waals surface area contributed by atoms with Gasteiger partial charge >= 0.3 is 6.18 Å². The first-order valence-corrected chi connectivity index (χ1v) is 11.8. The van der Waals surface area contributed by atoms with Crippen molar-refractivity contribution in [1.29, 1.82) is 0 Å². The number of rotatable bonds is 6. The predicted octanol–water partition coefficient (Wildman–Crippen LogP) is 4.22. The van der Waals surface area contributed by atoms with Gasteiger partial charge in [0.05, 0.1) is 11.0 Å². The van der Waals surface area contributed by atoms with Crippen molar-refractivity contribution < 1.29 is 22.5 Å². The van der Waals surface area contributed by atoms with Gasteiger partial charge in [-0.1, -0.05) is 5.16 Å². The fourth-order valence-corrected chi connectivity index (χ4v) is 4.37. The van der Waals surface area contributed by atoms with Crippen molar-refractivity contribution in [3.63, 3.8) is 0 Å². The molecule has 0 radical (unpaired) electrons. The Morgan fingerprint density at radius 1 is 1.16 bits per heavy atom. The number of aromatic nitrogens is 5. The topological polar surface area (TPSA) is 116 Å². The molecule has 37 heavy (non-hydrogen) atoms. The van der Waals surface area contributed by atoms with Crippen LogP contribution >= 0.6 is 0 Å². The molecule has 1 amide bonds. The first kappa shape index (κ1) is 24.7. The molecule has 0 spiro atoms. The number of hydrogen-bond acceptors (Lipinski definition) is 8. The number of H-pyrrole nitrogens is 1. The molecule has 0 unspecified atom stereocenters. The molecule has 0 saturated carbocycles. The average molecular weight is 515 g/mol. The molecule has 2 N–H and O–H groups in total. The number of anilines is 2. The summed E-state index contributed by atoms with van der Waals surface area (Å²) in [4.78, 5) is 31.7. The molecular formula is C24H25F3N8O2. The number of fused-ring (bicyclic) bond motifs is 1. The van der Waals surface area contributed by atoms with Crippen molar-refractivity contribution in [2.24, 2.45) is 0 Å². The number of nitrogens with one attached hydrogen (secondary N) is 2. The largest absolute Gasteiger partial charge is 0.397 e. The Morgan fingerprint density at radius 2 is 1.95 bits per heavy atom. The third kappa shape index (κ3) is 5.71. The highest BCUT2D eigenvalue weighted by Crippen LogP contribution is 2.27. The maximum atomic E-state index is 12.5. The standard InChI is InChI=1S/C24H25F3N8O2/c1-14(34-7-9-35(10-8-34)21(36)13-24(25,26)27)16-5-6-28-20(12-16)32-23-30-18-4-3-17(11-19(18)31-23)22-29-15(2)33-37-22/h3-6,11-12,14H,7-10,13H2,1-2H3,(H2,28,30,31,32)/t14-/m1/s1. The summed E-state index contributed by atoms with van der Waals surface area (Å²) in [5, 5.41) is 7.01. The smallest absolute Gasteiger partial charge is 0.340 e. The quantitative estimate of drug-likeness (QED) is 0.393. The second-order valence-corrected chi connectivity index (χ2v) is 8.95. The zero-order valence-electron chi connectivity index (χ0n) is 20.2. The Hall–Kier alpha value is -4.00. The Balaban J connectivity index is 1.24. The van der Waals surface area contributed by atoms with Crippen LogP contribution in [0, 0.1) is 6.92 Å². The maximum absolute atomic E-state index is 12.5. The van der Waals surface area contributed by atoms with E-state index in [0.29, 0.717) is 36.6 Å². The molecule has 1 saturated heterocycles. The first-order valence-electron chi connectivity index (χ1n) is 11.8. The number of amides is 1. The van der Waals surface area contributed by atoms with Crippen molar-refractivity contribution in [2.45, 2.75) is 32.5 Å². The highest BCUT2D eigenvalue weighted by atomic mass is 19.4. The van der Waals surface area contributed by atoms with Gasteiger partial charge < -0.3 is 19.7 Å². The number of hydrogen-bond donors (Lipinski definition) is 2. The normalized spacial score (nSPS) is 15.8. The van der Waals surface area contributed by atoms with Crippen molar-refractivity contribution in [1.82, 2.24) is 34.9 Å². The Kier molecular flexibility index (Phi) is 6.54. The van der Waals surface area contributed by atoms with E-state index >= 15 is 0 Å². The summed E-state index contributed by atoms with van der Waals surface area (Å²) in [5.74, 6) is 1.22. The molecule has 1 aliphatic rings. The monoisotopic (exact) mass is 514 g/mol. The molecule has 1 fully saturated rings. The number of benzene rings is 1. The fraction of sp³-hybridized carbons (Fsp3) is 0.375. The minimum atomic E-state index is -4.49. The third-order valence-corrected chi connectivity index (χ3v) is 6.34. The molecule has 5 rings (SSSR count). The number of alkyl halides is 3. The molecule has 1 aromatic carbocycles. The van der Waals surface area contributed by atoms with Crippen LogP contribution in [-0.2, 0) is 4.79 Å². The molecule has 1 aliphatic heterocycles. The first-order chi connectivity index (χ1) is 17.6. The maximum Gasteiger partial charge on any atom is 0.397 e. The number of halogens is 3. The molecule has 4 aromatic rings. The number of pyridine rings is 1. The van der Waals surface area contributed by atoms with Crippen LogP contribution in [0.5, 0.6) is 0 Å². The average Bonchev–Trinajstić information content (AvgIpc) is 3.47. The lowest BCUT2D eigenvalue weighted by Crippen LogP contribution is -2.50. The van der Waals surface area contributed by atoms with Crippen molar-refractivity contribution >= 4 is 28.7 Å². The van der Waals surface area contributed by atoms with Crippen LogP contribution in [-0.4, -0.2) is 73.2 Å². The Bertz CT molecular complexity index is 1410. The van der Waals surface area contributed by atoms with Gasteiger partial charge in [0, 0.05) is 44.0 Å². The van der Waals surface area contributed by atoms with Gasteiger partial charge in [-0.05, 0) is 49.7 Å². The summed E-state index contributed by atoms with van der Waals surface area (Å²) in [7, 11) is 0.